The summed E-state index contributed by atoms with van der Waals surface area (Å²) in [5.74, 6) is 2.25. The molecular formula is C22H24N4O3. The lowest BCUT2D eigenvalue weighted by Crippen LogP contribution is -2.39. The molecule has 3 aromatic rings. The Kier molecular flexibility index (Phi) is 5.65. The van der Waals surface area contributed by atoms with Gasteiger partial charge in [0.05, 0.1) is 11.6 Å². The number of rotatable bonds is 6. The van der Waals surface area contributed by atoms with Crippen molar-refractivity contribution in [3.05, 3.63) is 60.2 Å². The van der Waals surface area contributed by atoms with Crippen LogP contribution in [0.1, 0.15) is 18.5 Å². The minimum atomic E-state index is -0.222. The lowest BCUT2D eigenvalue weighted by Gasteiger charge is -2.21. The first-order chi connectivity index (χ1) is 14.2. The molecule has 2 aromatic carbocycles. The molecule has 7 heteroatoms. The van der Waals surface area contributed by atoms with E-state index in [4.69, 9.17) is 9.47 Å². The largest absolute Gasteiger partial charge is 0.486 e. The monoisotopic (exact) mass is 392 g/mol. The van der Waals surface area contributed by atoms with Crippen molar-refractivity contribution >= 4 is 22.8 Å². The molecule has 0 bridgehead atoms. The molecule has 0 fully saturated rings. The highest BCUT2D eigenvalue weighted by Gasteiger charge is 2.15. The van der Waals surface area contributed by atoms with Gasteiger partial charge in [0.2, 0.25) is 0 Å². The fraction of sp³-hybridized carbons (Fsp3) is 0.273. The van der Waals surface area contributed by atoms with E-state index in [1.165, 1.54) is 0 Å². The van der Waals surface area contributed by atoms with Gasteiger partial charge in [-0.1, -0.05) is 24.3 Å². The topological polar surface area (TPSA) is 84.5 Å². The number of amides is 2. The minimum absolute atomic E-state index is 0.152. The van der Waals surface area contributed by atoms with Crippen molar-refractivity contribution in [2.45, 2.75) is 13.0 Å². The number of nitrogens with zero attached hydrogens (tertiary/aromatic N) is 1. The van der Waals surface area contributed by atoms with E-state index in [2.05, 4.69) is 20.9 Å². The van der Waals surface area contributed by atoms with E-state index in [1.807, 2.05) is 61.5 Å². The molecule has 4 rings (SSSR count). The molecule has 2 heterocycles. The van der Waals surface area contributed by atoms with Crippen LogP contribution in [0, 0.1) is 0 Å². The number of urea groups is 1. The third kappa shape index (κ3) is 4.68. The number of benzene rings is 2. The van der Waals surface area contributed by atoms with E-state index in [9.17, 15) is 4.79 Å². The molecule has 0 saturated carbocycles. The fourth-order valence-corrected chi connectivity index (χ4v) is 3.19. The standard InChI is InChI=1S/C22H24N4O3/c1-15(17-6-8-19-20(14-17)29-13-12-28-19)25-22(27)24-11-10-23-21-9-7-16-4-2-3-5-18(16)26-21/h2-9,14-15H,10-13H2,1H3,(H,23,26)(H2,24,25,27). The molecule has 0 aliphatic carbocycles. The van der Waals surface area contributed by atoms with Crippen molar-refractivity contribution in [1.82, 2.24) is 15.6 Å². The molecular weight excluding hydrogens is 368 g/mol. The van der Waals surface area contributed by atoms with Crippen LogP contribution in [0.4, 0.5) is 10.6 Å². The second-order valence-corrected chi connectivity index (χ2v) is 6.84. The molecule has 3 N–H and O–H groups in total. The molecule has 29 heavy (non-hydrogen) atoms. The smallest absolute Gasteiger partial charge is 0.315 e. The Labute approximate surface area is 169 Å². The van der Waals surface area contributed by atoms with Crippen LogP contribution in [0.3, 0.4) is 0 Å². The van der Waals surface area contributed by atoms with E-state index >= 15 is 0 Å². The highest BCUT2D eigenvalue weighted by Crippen LogP contribution is 2.32. The van der Waals surface area contributed by atoms with Gasteiger partial charge in [-0.15, -0.1) is 0 Å². The highest BCUT2D eigenvalue weighted by molar-refractivity contribution is 5.80. The van der Waals surface area contributed by atoms with E-state index in [0.717, 1.165) is 33.8 Å². The number of pyridine rings is 1. The second-order valence-electron chi connectivity index (χ2n) is 6.84. The van der Waals surface area contributed by atoms with Crippen molar-refractivity contribution in [1.29, 1.82) is 0 Å². The molecule has 1 unspecified atom stereocenters. The van der Waals surface area contributed by atoms with Crippen LogP contribution in [-0.2, 0) is 0 Å². The van der Waals surface area contributed by atoms with Gasteiger partial charge in [-0.2, -0.15) is 0 Å². The normalized spacial score (nSPS) is 13.6. The Bertz CT molecular complexity index is 1010. The van der Waals surface area contributed by atoms with Gasteiger partial charge >= 0.3 is 6.03 Å². The molecule has 0 radical (unpaired) electrons. The summed E-state index contributed by atoms with van der Waals surface area (Å²) >= 11 is 0. The zero-order chi connectivity index (χ0) is 20.1. The maximum absolute atomic E-state index is 12.2. The predicted molar refractivity (Wildman–Crippen MR) is 113 cm³/mol. The van der Waals surface area contributed by atoms with Crippen molar-refractivity contribution < 1.29 is 14.3 Å². The van der Waals surface area contributed by atoms with E-state index in [0.29, 0.717) is 26.3 Å². The van der Waals surface area contributed by atoms with Crippen LogP contribution >= 0.6 is 0 Å². The number of para-hydroxylation sites is 1. The van der Waals surface area contributed by atoms with E-state index in [-0.39, 0.29) is 12.1 Å². The summed E-state index contributed by atoms with van der Waals surface area (Å²) in [6.07, 6.45) is 0. The number of anilines is 1. The van der Waals surface area contributed by atoms with Gasteiger partial charge in [-0.3, -0.25) is 0 Å². The molecule has 0 saturated heterocycles. The molecule has 1 aliphatic heterocycles. The zero-order valence-corrected chi connectivity index (χ0v) is 16.3. The number of aromatic nitrogens is 1. The molecule has 2 amide bonds. The Morgan fingerprint density at radius 2 is 1.86 bits per heavy atom. The first kappa shape index (κ1) is 18.9. The number of ether oxygens (including phenoxy) is 2. The lowest BCUT2D eigenvalue weighted by atomic mass is 10.1. The SMILES string of the molecule is CC(NC(=O)NCCNc1ccc2ccccc2n1)c1ccc2c(c1)OCCO2. The Balaban J connectivity index is 1.23. The average Bonchev–Trinajstić information content (AvgIpc) is 2.76. The van der Waals surface area contributed by atoms with Crippen molar-refractivity contribution in [3.8, 4) is 11.5 Å². The minimum Gasteiger partial charge on any atom is -0.486 e. The van der Waals surface area contributed by atoms with Crippen LogP contribution in [0.15, 0.2) is 54.6 Å². The summed E-state index contributed by atoms with van der Waals surface area (Å²) in [4.78, 5) is 16.7. The Morgan fingerprint density at radius 3 is 2.76 bits per heavy atom. The van der Waals surface area contributed by atoms with Crippen LogP contribution in [-0.4, -0.2) is 37.3 Å². The van der Waals surface area contributed by atoms with Gasteiger partial charge in [-0.25, -0.2) is 9.78 Å². The van der Waals surface area contributed by atoms with Gasteiger partial charge in [0.15, 0.2) is 11.5 Å². The maximum Gasteiger partial charge on any atom is 0.315 e. The van der Waals surface area contributed by atoms with Crippen molar-refractivity contribution in [2.75, 3.05) is 31.6 Å². The number of fused-ring (bicyclic) bond motifs is 2. The van der Waals surface area contributed by atoms with Crippen LogP contribution in [0.25, 0.3) is 10.9 Å². The van der Waals surface area contributed by atoms with Crippen molar-refractivity contribution in [3.63, 3.8) is 0 Å². The fourth-order valence-electron chi connectivity index (χ4n) is 3.19. The summed E-state index contributed by atoms with van der Waals surface area (Å²) < 4.78 is 11.1. The number of hydrogen-bond acceptors (Lipinski definition) is 5. The third-order valence-electron chi connectivity index (χ3n) is 4.73. The summed E-state index contributed by atoms with van der Waals surface area (Å²) in [6, 6.07) is 17.3. The Morgan fingerprint density at radius 1 is 1.03 bits per heavy atom. The van der Waals surface area contributed by atoms with Gasteiger partial charge in [0, 0.05) is 18.5 Å². The average molecular weight is 392 g/mol. The number of nitrogens with one attached hydrogen (secondary N) is 3. The lowest BCUT2D eigenvalue weighted by molar-refractivity contribution is 0.171. The quantitative estimate of drug-likeness (QED) is 0.560. The van der Waals surface area contributed by atoms with Gasteiger partial charge in [0.1, 0.15) is 19.0 Å². The summed E-state index contributed by atoms with van der Waals surface area (Å²) in [5.41, 5.74) is 1.90. The third-order valence-corrected chi connectivity index (χ3v) is 4.73. The number of hydrogen-bond donors (Lipinski definition) is 3. The summed E-state index contributed by atoms with van der Waals surface area (Å²) in [7, 11) is 0. The Hall–Kier alpha value is -3.48. The summed E-state index contributed by atoms with van der Waals surface area (Å²) in [5, 5.41) is 10.1. The van der Waals surface area contributed by atoms with Crippen LogP contribution < -0.4 is 25.4 Å². The van der Waals surface area contributed by atoms with Gasteiger partial charge in [0.25, 0.3) is 0 Å². The maximum atomic E-state index is 12.2. The van der Waals surface area contributed by atoms with Crippen molar-refractivity contribution in [2.24, 2.45) is 0 Å². The molecule has 1 atom stereocenters. The number of carbonyl (C=O) groups excluding carboxylic acids is 1. The predicted octanol–water partition coefficient (Wildman–Crippen LogP) is 3.48. The van der Waals surface area contributed by atoms with Gasteiger partial charge < -0.3 is 25.4 Å². The summed E-state index contributed by atoms with van der Waals surface area (Å²) in [6.45, 7) is 4.09. The highest BCUT2D eigenvalue weighted by atomic mass is 16.6. The van der Waals surface area contributed by atoms with E-state index < -0.39 is 0 Å². The zero-order valence-electron chi connectivity index (χ0n) is 16.3. The molecule has 7 nitrogen and oxygen atoms in total. The first-order valence-corrected chi connectivity index (χ1v) is 9.72. The molecule has 1 aromatic heterocycles. The van der Waals surface area contributed by atoms with Crippen LogP contribution in [0.5, 0.6) is 11.5 Å². The van der Waals surface area contributed by atoms with Crippen LogP contribution in [0.2, 0.25) is 0 Å². The second kappa shape index (κ2) is 8.68. The molecule has 150 valence electrons. The van der Waals surface area contributed by atoms with E-state index in [1.54, 1.807) is 0 Å². The van der Waals surface area contributed by atoms with Gasteiger partial charge in [-0.05, 0) is 42.8 Å². The first-order valence-electron chi connectivity index (χ1n) is 9.72. The number of carbonyl (C=O) groups is 1. The molecule has 0 spiro atoms. The molecule has 1 aliphatic rings.